The zero-order chi connectivity index (χ0) is 21.5. The molecule has 31 heavy (non-hydrogen) atoms. The van der Waals surface area contributed by atoms with Gasteiger partial charge in [0.25, 0.3) is 5.91 Å². The van der Waals surface area contributed by atoms with E-state index < -0.39 is 0 Å². The fourth-order valence-corrected chi connectivity index (χ4v) is 4.34. The van der Waals surface area contributed by atoms with Crippen molar-refractivity contribution in [1.29, 1.82) is 0 Å². The van der Waals surface area contributed by atoms with Gasteiger partial charge in [-0.1, -0.05) is 72.8 Å². The number of carbonyl (C=O) groups is 1. The van der Waals surface area contributed by atoms with Gasteiger partial charge in [0.15, 0.2) is 6.54 Å². The smallest absolute Gasteiger partial charge is 0.275 e. The highest BCUT2D eigenvalue weighted by molar-refractivity contribution is 5.83. The van der Waals surface area contributed by atoms with Crippen LogP contribution in [0.2, 0.25) is 0 Å². The Morgan fingerprint density at radius 3 is 2.35 bits per heavy atom. The van der Waals surface area contributed by atoms with E-state index in [2.05, 4.69) is 91.1 Å². The van der Waals surface area contributed by atoms with E-state index >= 15 is 0 Å². The van der Waals surface area contributed by atoms with Crippen LogP contribution in [0.25, 0.3) is 16.8 Å². The van der Waals surface area contributed by atoms with Crippen LogP contribution in [-0.4, -0.2) is 45.2 Å². The third kappa shape index (κ3) is 6.03. The van der Waals surface area contributed by atoms with Crippen molar-refractivity contribution in [1.82, 2.24) is 5.32 Å². The lowest BCUT2D eigenvalue weighted by Gasteiger charge is -2.29. The summed E-state index contributed by atoms with van der Waals surface area (Å²) in [5.74, 6) is 0.142. The van der Waals surface area contributed by atoms with Crippen molar-refractivity contribution in [2.45, 2.75) is 13.0 Å². The van der Waals surface area contributed by atoms with Crippen LogP contribution < -0.4 is 15.1 Å². The van der Waals surface area contributed by atoms with Crippen LogP contribution in [0, 0.1) is 0 Å². The second-order valence-corrected chi connectivity index (χ2v) is 8.59. The van der Waals surface area contributed by atoms with Crippen LogP contribution in [0.5, 0.6) is 0 Å². The van der Waals surface area contributed by atoms with Crippen LogP contribution in [0.4, 0.5) is 0 Å². The first-order valence-corrected chi connectivity index (χ1v) is 11.3. The number of amides is 1. The van der Waals surface area contributed by atoms with E-state index in [4.69, 9.17) is 0 Å². The second kappa shape index (κ2) is 10.4. The van der Waals surface area contributed by atoms with Crippen molar-refractivity contribution in [3.8, 4) is 0 Å². The quantitative estimate of drug-likeness (QED) is 0.538. The van der Waals surface area contributed by atoms with Crippen LogP contribution >= 0.6 is 0 Å². The summed E-state index contributed by atoms with van der Waals surface area (Å²) in [6, 6.07) is 25.2. The molecule has 4 nitrogen and oxygen atoms in total. The summed E-state index contributed by atoms with van der Waals surface area (Å²) in [4.78, 5) is 15.6. The van der Waals surface area contributed by atoms with Crippen LogP contribution in [0.1, 0.15) is 24.1 Å². The summed E-state index contributed by atoms with van der Waals surface area (Å²) in [6.45, 7) is 8.00. The molecule has 3 N–H and O–H groups in total. The molecule has 1 atom stereocenters. The van der Waals surface area contributed by atoms with Gasteiger partial charge < -0.3 is 15.1 Å². The first-order chi connectivity index (χ1) is 15.2. The Labute approximate surface area is 185 Å². The van der Waals surface area contributed by atoms with Gasteiger partial charge in [0.2, 0.25) is 0 Å². The lowest BCUT2D eigenvalue weighted by Crippen LogP contribution is -3.28. The van der Waals surface area contributed by atoms with E-state index in [-0.39, 0.29) is 11.9 Å². The first-order valence-electron chi connectivity index (χ1n) is 11.3. The lowest BCUT2D eigenvalue weighted by atomic mass is 10.0. The molecule has 1 fully saturated rings. The molecule has 0 radical (unpaired) electrons. The number of nitrogens with one attached hydrogen (secondary N) is 3. The number of rotatable bonds is 7. The maximum Gasteiger partial charge on any atom is 0.275 e. The molecule has 4 heteroatoms. The zero-order valence-electron chi connectivity index (χ0n) is 18.3. The second-order valence-electron chi connectivity index (χ2n) is 8.59. The molecule has 160 valence electrons. The van der Waals surface area contributed by atoms with Crippen molar-refractivity contribution >= 4 is 22.8 Å². The molecule has 0 aliphatic carbocycles. The van der Waals surface area contributed by atoms with Crippen molar-refractivity contribution in [2.75, 3.05) is 39.3 Å². The number of fused-ring (bicyclic) bond motifs is 1. The Morgan fingerprint density at radius 2 is 1.58 bits per heavy atom. The first kappa shape index (κ1) is 21.3. The van der Waals surface area contributed by atoms with E-state index in [0.29, 0.717) is 6.54 Å². The van der Waals surface area contributed by atoms with Crippen molar-refractivity contribution in [2.24, 2.45) is 0 Å². The number of carbonyl (C=O) groups excluding carboxylic acids is 1. The molecule has 3 aromatic carbocycles. The van der Waals surface area contributed by atoms with Crippen LogP contribution in [0.3, 0.4) is 0 Å². The molecule has 0 spiro atoms. The van der Waals surface area contributed by atoms with Gasteiger partial charge in [0.1, 0.15) is 26.2 Å². The van der Waals surface area contributed by atoms with Crippen LogP contribution in [-0.2, 0) is 4.79 Å². The van der Waals surface area contributed by atoms with Gasteiger partial charge in [-0.25, -0.2) is 0 Å². The van der Waals surface area contributed by atoms with Gasteiger partial charge in [-0.15, -0.1) is 0 Å². The Morgan fingerprint density at radius 1 is 0.903 bits per heavy atom. The topological polar surface area (TPSA) is 38.0 Å². The molecule has 1 aliphatic rings. The van der Waals surface area contributed by atoms with Crippen molar-refractivity contribution in [3.63, 3.8) is 0 Å². The summed E-state index contributed by atoms with van der Waals surface area (Å²) >= 11 is 0. The third-order valence-electron chi connectivity index (χ3n) is 6.24. The summed E-state index contributed by atoms with van der Waals surface area (Å²) in [5, 5.41) is 5.64. The summed E-state index contributed by atoms with van der Waals surface area (Å²) < 4.78 is 0. The predicted octanol–water partition coefficient (Wildman–Crippen LogP) is 1.51. The maximum atomic E-state index is 12.6. The van der Waals surface area contributed by atoms with Crippen molar-refractivity contribution < 1.29 is 14.6 Å². The molecular formula is C27H33N3O+2. The monoisotopic (exact) mass is 415 g/mol. The minimum Gasteiger partial charge on any atom is -0.345 e. The van der Waals surface area contributed by atoms with Gasteiger partial charge in [-0.3, -0.25) is 4.79 Å². The molecule has 0 bridgehead atoms. The van der Waals surface area contributed by atoms with E-state index in [1.165, 1.54) is 21.2 Å². The Kier molecular flexibility index (Phi) is 7.13. The number of hydrogen-bond donors (Lipinski definition) is 3. The highest BCUT2D eigenvalue weighted by Crippen LogP contribution is 2.20. The number of hydrogen-bond acceptors (Lipinski definition) is 1. The van der Waals surface area contributed by atoms with Gasteiger partial charge >= 0.3 is 0 Å². The SMILES string of the molecule is C[C@H](NC(=O)C[NH+]1CC[NH+](C/C=C/c2ccccc2)CC1)c1ccc2ccccc2c1. The largest absolute Gasteiger partial charge is 0.345 e. The fourth-order valence-electron chi connectivity index (χ4n) is 4.34. The molecule has 1 amide bonds. The Bertz CT molecular complexity index is 1020. The van der Waals surface area contributed by atoms with Gasteiger partial charge in [-0.05, 0) is 41.0 Å². The standard InChI is InChI=1S/C27H31N3O/c1-22(25-14-13-24-11-5-6-12-26(24)20-25)28-27(31)21-30-18-16-29(17-19-30)15-7-10-23-8-3-2-4-9-23/h2-14,20,22H,15-19,21H2,1H3,(H,28,31)/p+2/b10-7+/t22-/m0/s1. The molecule has 1 saturated heterocycles. The summed E-state index contributed by atoms with van der Waals surface area (Å²) in [7, 11) is 0. The molecule has 3 aromatic rings. The normalized spacial score (nSPS) is 20.0. The number of piperazine rings is 1. The third-order valence-corrected chi connectivity index (χ3v) is 6.24. The van der Waals surface area contributed by atoms with E-state index in [0.717, 1.165) is 38.3 Å². The molecule has 0 aromatic heterocycles. The summed E-state index contributed by atoms with van der Waals surface area (Å²) in [5.41, 5.74) is 2.41. The van der Waals surface area contributed by atoms with Gasteiger partial charge in [0.05, 0.1) is 12.6 Å². The molecular weight excluding hydrogens is 382 g/mol. The molecule has 0 unspecified atom stereocenters. The lowest BCUT2D eigenvalue weighted by molar-refractivity contribution is -1.01. The fraction of sp³-hybridized carbons (Fsp3) is 0.296. The number of benzene rings is 3. The maximum absolute atomic E-state index is 12.6. The molecule has 1 heterocycles. The van der Waals surface area contributed by atoms with E-state index in [1.807, 2.05) is 6.07 Å². The Balaban J connectivity index is 1.21. The van der Waals surface area contributed by atoms with E-state index in [1.54, 1.807) is 4.90 Å². The van der Waals surface area contributed by atoms with Gasteiger partial charge in [-0.2, -0.15) is 0 Å². The summed E-state index contributed by atoms with van der Waals surface area (Å²) in [6.07, 6.45) is 4.47. The molecule has 4 rings (SSSR count). The van der Waals surface area contributed by atoms with Crippen LogP contribution in [0.15, 0.2) is 78.9 Å². The average Bonchev–Trinajstić information content (AvgIpc) is 2.80. The molecule has 0 saturated carbocycles. The highest BCUT2D eigenvalue weighted by atomic mass is 16.2. The van der Waals surface area contributed by atoms with Crippen molar-refractivity contribution in [3.05, 3.63) is 90.0 Å². The van der Waals surface area contributed by atoms with Gasteiger partial charge in [0, 0.05) is 0 Å². The minimum absolute atomic E-state index is 0.0199. The minimum atomic E-state index is 0.0199. The predicted molar refractivity (Wildman–Crippen MR) is 127 cm³/mol. The highest BCUT2D eigenvalue weighted by Gasteiger charge is 2.24. The average molecular weight is 416 g/mol. The number of quaternary nitrogens is 2. The Hall–Kier alpha value is -2.95. The molecule has 1 aliphatic heterocycles. The zero-order valence-corrected chi connectivity index (χ0v) is 18.3. The van der Waals surface area contributed by atoms with E-state index in [9.17, 15) is 4.79 Å².